The van der Waals surface area contributed by atoms with Gasteiger partial charge in [0.15, 0.2) is 0 Å². The molecule has 0 saturated heterocycles. The normalized spacial score (nSPS) is 29.7. The van der Waals surface area contributed by atoms with Crippen LogP contribution in [0.25, 0.3) is 0 Å². The maximum Gasteiger partial charge on any atom is 0.138 e. The van der Waals surface area contributed by atoms with Crippen LogP contribution in [0.5, 0.6) is 0 Å². The lowest BCUT2D eigenvalue weighted by Crippen LogP contribution is -2.27. The predicted octanol–water partition coefficient (Wildman–Crippen LogP) is 2.96. The highest BCUT2D eigenvalue weighted by Gasteiger charge is 2.39. The van der Waals surface area contributed by atoms with Gasteiger partial charge >= 0.3 is 0 Å². The average molecular weight is 260 g/mol. The fraction of sp³-hybridized carbons (Fsp3) is 0.733. The summed E-state index contributed by atoms with van der Waals surface area (Å²) in [6.07, 6.45) is 5.47. The molecule has 19 heavy (non-hydrogen) atoms. The lowest BCUT2D eigenvalue weighted by molar-refractivity contribution is 0.438. The summed E-state index contributed by atoms with van der Waals surface area (Å²) >= 11 is 0. The van der Waals surface area contributed by atoms with Crippen LogP contribution in [-0.4, -0.2) is 16.0 Å². The molecular weight excluding hydrogens is 236 g/mol. The van der Waals surface area contributed by atoms with Crippen molar-refractivity contribution in [3.8, 4) is 0 Å². The largest absolute Gasteiger partial charge is 0.384 e. The van der Waals surface area contributed by atoms with Gasteiger partial charge in [0.1, 0.15) is 17.5 Å². The number of anilines is 2. The van der Waals surface area contributed by atoms with Crippen molar-refractivity contribution in [1.29, 1.82) is 0 Å². The van der Waals surface area contributed by atoms with Crippen LogP contribution in [0.1, 0.15) is 52.3 Å². The highest BCUT2D eigenvalue weighted by Crippen LogP contribution is 2.45. The molecule has 3 rings (SSSR count). The molecule has 1 aromatic heterocycles. The van der Waals surface area contributed by atoms with E-state index in [1.54, 1.807) is 0 Å². The molecule has 4 nitrogen and oxygen atoms in total. The zero-order chi connectivity index (χ0) is 13.6. The first kappa shape index (κ1) is 12.7. The van der Waals surface area contributed by atoms with Crippen LogP contribution in [-0.2, 0) is 5.41 Å². The Bertz CT molecular complexity index is 478. The zero-order valence-corrected chi connectivity index (χ0v) is 12.1. The first-order valence-electron chi connectivity index (χ1n) is 7.33. The molecule has 1 heterocycles. The van der Waals surface area contributed by atoms with E-state index in [1.165, 1.54) is 25.7 Å². The first-order valence-corrected chi connectivity index (χ1v) is 7.33. The third-order valence-corrected chi connectivity index (χ3v) is 4.49. The lowest BCUT2D eigenvalue weighted by Gasteiger charge is -2.24. The van der Waals surface area contributed by atoms with Gasteiger partial charge in [0, 0.05) is 17.5 Å². The van der Waals surface area contributed by atoms with Crippen LogP contribution in [0.2, 0.25) is 0 Å². The fourth-order valence-corrected chi connectivity index (χ4v) is 3.49. The third-order valence-electron chi connectivity index (χ3n) is 4.49. The highest BCUT2D eigenvalue weighted by atomic mass is 15.1. The number of nitrogens with two attached hydrogens (primary N) is 1. The van der Waals surface area contributed by atoms with Gasteiger partial charge in [-0.3, -0.25) is 0 Å². The molecule has 0 aromatic carbocycles. The van der Waals surface area contributed by atoms with Gasteiger partial charge in [0.05, 0.1) is 0 Å². The monoisotopic (exact) mass is 260 g/mol. The Balaban J connectivity index is 1.79. The summed E-state index contributed by atoms with van der Waals surface area (Å²) in [5.41, 5.74) is 5.85. The minimum Gasteiger partial charge on any atom is -0.384 e. The van der Waals surface area contributed by atoms with Gasteiger partial charge < -0.3 is 11.1 Å². The van der Waals surface area contributed by atoms with E-state index >= 15 is 0 Å². The average Bonchev–Trinajstić information content (AvgIpc) is 2.88. The zero-order valence-electron chi connectivity index (χ0n) is 12.1. The summed E-state index contributed by atoms with van der Waals surface area (Å²) in [7, 11) is 0. The van der Waals surface area contributed by atoms with E-state index in [9.17, 15) is 0 Å². The molecule has 104 valence electrons. The predicted molar refractivity (Wildman–Crippen MR) is 78.0 cm³/mol. The number of nitrogen functional groups attached to an aromatic ring is 1. The summed E-state index contributed by atoms with van der Waals surface area (Å²) in [6, 6.07) is 2.45. The summed E-state index contributed by atoms with van der Waals surface area (Å²) in [5, 5.41) is 3.59. The number of nitrogens with zero attached hydrogens (tertiary/aromatic N) is 2. The van der Waals surface area contributed by atoms with E-state index in [-0.39, 0.29) is 5.41 Å². The molecule has 0 aliphatic heterocycles. The van der Waals surface area contributed by atoms with Crippen LogP contribution in [0.3, 0.4) is 0 Å². The molecule has 0 amide bonds. The van der Waals surface area contributed by atoms with Crippen molar-refractivity contribution in [2.24, 2.45) is 11.8 Å². The second kappa shape index (κ2) is 4.36. The molecule has 2 aliphatic rings. The van der Waals surface area contributed by atoms with Crippen LogP contribution in [0.15, 0.2) is 6.07 Å². The smallest absolute Gasteiger partial charge is 0.138 e. The molecule has 1 aromatic rings. The third kappa shape index (κ3) is 2.53. The topological polar surface area (TPSA) is 63.8 Å². The van der Waals surface area contributed by atoms with Crippen molar-refractivity contribution in [2.45, 2.75) is 57.9 Å². The minimum absolute atomic E-state index is 0.0690. The lowest BCUT2D eigenvalue weighted by atomic mass is 9.95. The van der Waals surface area contributed by atoms with Gasteiger partial charge in [-0.2, -0.15) is 0 Å². The van der Waals surface area contributed by atoms with Crippen molar-refractivity contribution >= 4 is 11.6 Å². The summed E-state index contributed by atoms with van der Waals surface area (Å²) in [6.45, 7) is 6.34. The molecule has 3 N–H and O–H groups in total. The molecule has 2 bridgehead atoms. The van der Waals surface area contributed by atoms with Crippen molar-refractivity contribution in [2.75, 3.05) is 11.1 Å². The van der Waals surface area contributed by atoms with Crippen LogP contribution in [0.4, 0.5) is 11.6 Å². The van der Waals surface area contributed by atoms with Gasteiger partial charge in [-0.1, -0.05) is 27.2 Å². The van der Waals surface area contributed by atoms with Gasteiger partial charge in [-0.25, -0.2) is 9.97 Å². The standard InChI is InChI=1S/C15H24N4/c1-15(2,3)14-18-12(16)8-13(19-14)17-11-7-9-4-5-10(11)6-9/h8-11H,4-7H2,1-3H3,(H3,16,17,18,19). The van der Waals surface area contributed by atoms with Crippen molar-refractivity contribution < 1.29 is 0 Å². The summed E-state index contributed by atoms with van der Waals surface area (Å²) < 4.78 is 0. The van der Waals surface area contributed by atoms with Crippen LogP contribution >= 0.6 is 0 Å². The van der Waals surface area contributed by atoms with Crippen molar-refractivity contribution in [3.63, 3.8) is 0 Å². The number of fused-ring (bicyclic) bond motifs is 2. The second-order valence-corrected chi connectivity index (χ2v) is 7.18. The Morgan fingerprint density at radius 3 is 2.58 bits per heavy atom. The van der Waals surface area contributed by atoms with E-state index in [1.807, 2.05) is 6.07 Å². The molecule has 0 spiro atoms. The number of nitrogens with one attached hydrogen (secondary N) is 1. The number of hydrogen-bond donors (Lipinski definition) is 2. The maximum absolute atomic E-state index is 5.92. The SMILES string of the molecule is CC(C)(C)c1nc(N)cc(NC2CC3CCC2C3)n1. The Morgan fingerprint density at radius 1 is 1.21 bits per heavy atom. The molecule has 2 aliphatic carbocycles. The quantitative estimate of drug-likeness (QED) is 0.858. The van der Waals surface area contributed by atoms with E-state index in [4.69, 9.17) is 5.73 Å². The van der Waals surface area contributed by atoms with E-state index in [0.717, 1.165) is 23.5 Å². The molecule has 2 fully saturated rings. The maximum atomic E-state index is 5.92. The number of hydrogen-bond acceptors (Lipinski definition) is 4. The van der Waals surface area contributed by atoms with Crippen molar-refractivity contribution in [3.05, 3.63) is 11.9 Å². The Labute approximate surface area is 115 Å². The van der Waals surface area contributed by atoms with E-state index in [2.05, 4.69) is 36.1 Å². The van der Waals surface area contributed by atoms with Gasteiger partial charge in [-0.05, 0) is 31.1 Å². The van der Waals surface area contributed by atoms with Crippen LogP contribution < -0.4 is 11.1 Å². The molecular formula is C15H24N4. The molecule has 3 atom stereocenters. The van der Waals surface area contributed by atoms with Crippen LogP contribution in [0, 0.1) is 11.8 Å². The molecule has 0 radical (unpaired) electrons. The minimum atomic E-state index is -0.0690. The second-order valence-electron chi connectivity index (χ2n) is 7.18. The van der Waals surface area contributed by atoms with Gasteiger partial charge in [0.2, 0.25) is 0 Å². The highest BCUT2D eigenvalue weighted by molar-refractivity contribution is 5.46. The van der Waals surface area contributed by atoms with Gasteiger partial charge in [0.25, 0.3) is 0 Å². The van der Waals surface area contributed by atoms with Gasteiger partial charge in [-0.15, -0.1) is 0 Å². The summed E-state index contributed by atoms with van der Waals surface area (Å²) in [5.74, 6) is 4.04. The van der Waals surface area contributed by atoms with E-state index in [0.29, 0.717) is 11.9 Å². The fourth-order valence-electron chi connectivity index (χ4n) is 3.49. The molecule has 3 unspecified atom stereocenters. The Hall–Kier alpha value is -1.32. The Kier molecular flexibility index (Phi) is 2.91. The molecule has 2 saturated carbocycles. The number of aromatic nitrogens is 2. The number of rotatable bonds is 2. The first-order chi connectivity index (χ1) is 8.91. The molecule has 4 heteroatoms. The van der Waals surface area contributed by atoms with Crippen molar-refractivity contribution in [1.82, 2.24) is 9.97 Å². The summed E-state index contributed by atoms with van der Waals surface area (Å²) in [4.78, 5) is 9.00. The Morgan fingerprint density at radius 2 is 2.00 bits per heavy atom. The van der Waals surface area contributed by atoms with E-state index < -0.39 is 0 Å².